The lowest BCUT2D eigenvalue weighted by Crippen LogP contribution is -2.42. The van der Waals surface area contributed by atoms with Crippen LogP contribution in [0.3, 0.4) is 0 Å². The fraction of sp³-hybridized carbons (Fsp3) is 0.529. The highest BCUT2D eigenvalue weighted by atomic mass is 16.5. The third-order valence-electron chi connectivity index (χ3n) is 5.15. The van der Waals surface area contributed by atoms with Crippen LogP contribution in [0.15, 0.2) is 24.3 Å². The molecule has 1 aromatic carbocycles. The van der Waals surface area contributed by atoms with Gasteiger partial charge in [0.05, 0.1) is 18.6 Å². The summed E-state index contributed by atoms with van der Waals surface area (Å²) in [5.41, 5.74) is 2.48. The molecule has 0 radical (unpaired) electrons. The van der Waals surface area contributed by atoms with Crippen molar-refractivity contribution in [1.82, 2.24) is 4.90 Å². The van der Waals surface area contributed by atoms with E-state index in [4.69, 9.17) is 9.47 Å². The van der Waals surface area contributed by atoms with E-state index in [2.05, 4.69) is 24.1 Å². The molecule has 0 amide bonds. The van der Waals surface area contributed by atoms with E-state index in [0.717, 1.165) is 31.0 Å². The first kappa shape index (κ1) is 13.2. The van der Waals surface area contributed by atoms with Crippen LogP contribution in [0.25, 0.3) is 0 Å². The Kier molecular flexibility index (Phi) is 2.81. The Morgan fingerprint density at radius 1 is 1.43 bits per heavy atom. The monoisotopic (exact) mass is 287 g/mol. The molecule has 1 aromatic rings. The number of hydrogen-bond acceptors (Lipinski definition) is 4. The Hall–Kier alpha value is -1.52. The predicted octanol–water partition coefficient (Wildman–Crippen LogP) is 1.85. The highest BCUT2D eigenvalue weighted by Gasteiger charge is 2.52. The van der Waals surface area contributed by atoms with Gasteiger partial charge in [0, 0.05) is 18.5 Å². The van der Waals surface area contributed by atoms with Gasteiger partial charge in [-0.05, 0) is 31.6 Å². The average Bonchev–Trinajstić information content (AvgIpc) is 2.72. The van der Waals surface area contributed by atoms with Gasteiger partial charge >= 0.3 is 0 Å². The van der Waals surface area contributed by atoms with Crippen molar-refractivity contribution in [1.29, 1.82) is 0 Å². The second-order valence-corrected chi connectivity index (χ2v) is 6.43. The van der Waals surface area contributed by atoms with Crippen molar-refractivity contribution in [2.45, 2.75) is 37.0 Å². The van der Waals surface area contributed by atoms with E-state index in [1.54, 1.807) is 7.11 Å². The first-order valence-corrected chi connectivity index (χ1v) is 7.57. The molecule has 1 unspecified atom stereocenters. The second kappa shape index (κ2) is 4.49. The van der Waals surface area contributed by atoms with Gasteiger partial charge in [-0.15, -0.1) is 0 Å². The van der Waals surface area contributed by atoms with Crippen LogP contribution in [0.5, 0.6) is 11.5 Å². The van der Waals surface area contributed by atoms with Crippen LogP contribution in [0.1, 0.15) is 24.0 Å². The minimum atomic E-state index is -0.412. The predicted molar refractivity (Wildman–Crippen MR) is 79.8 cm³/mol. The number of rotatable bonds is 1. The van der Waals surface area contributed by atoms with Gasteiger partial charge in [0.2, 0.25) is 0 Å². The third-order valence-corrected chi connectivity index (χ3v) is 5.15. The zero-order valence-corrected chi connectivity index (χ0v) is 12.5. The van der Waals surface area contributed by atoms with Crippen LogP contribution in [0.4, 0.5) is 0 Å². The summed E-state index contributed by atoms with van der Waals surface area (Å²) in [6.07, 6.45) is 5.38. The summed E-state index contributed by atoms with van der Waals surface area (Å²) < 4.78 is 11.8. The lowest BCUT2D eigenvalue weighted by molar-refractivity contribution is 0.0821. The van der Waals surface area contributed by atoms with Crippen LogP contribution in [0, 0.1) is 0 Å². The van der Waals surface area contributed by atoms with Crippen molar-refractivity contribution in [3.63, 3.8) is 0 Å². The average molecular weight is 287 g/mol. The molecular weight excluding hydrogens is 266 g/mol. The number of ether oxygens (including phenoxy) is 2. The summed E-state index contributed by atoms with van der Waals surface area (Å²) in [5, 5.41) is 9.97. The van der Waals surface area contributed by atoms with Crippen LogP contribution < -0.4 is 9.47 Å². The Labute approximate surface area is 125 Å². The zero-order valence-electron chi connectivity index (χ0n) is 12.5. The van der Waals surface area contributed by atoms with Gasteiger partial charge in [0.25, 0.3) is 0 Å². The fourth-order valence-electron chi connectivity index (χ4n) is 4.08. The molecule has 1 N–H and O–H groups in total. The fourth-order valence-corrected chi connectivity index (χ4v) is 4.08. The Morgan fingerprint density at radius 2 is 2.29 bits per heavy atom. The number of aliphatic hydroxyl groups is 1. The lowest BCUT2D eigenvalue weighted by Gasteiger charge is -2.35. The third kappa shape index (κ3) is 1.75. The van der Waals surface area contributed by atoms with Gasteiger partial charge in [-0.25, -0.2) is 0 Å². The molecule has 0 aromatic heterocycles. The van der Waals surface area contributed by atoms with Gasteiger partial charge < -0.3 is 19.5 Å². The van der Waals surface area contributed by atoms with Crippen LogP contribution in [-0.4, -0.2) is 42.9 Å². The quantitative estimate of drug-likeness (QED) is 0.801. The van der Waals surface area contributed by atoms with Gasteiger partial charge in [-0.3, -0.25) is 0 Å². The molecule has 4 rings (SSSR count). The molecule has 21 heavy (non-hydrogen) atoms. The summed E-state index contributed by atoms with van der Waals surface area (Å²) in [5.74, 6) is 1.68. The minimum absolute atomic E-state index is 0.00838. The summed E-state index contributed by atoms with van der Waals surface area (Å²) >= 11 is 0. The molecule has 3 atom stereocenters. The minimum Gasteiger partial charge on any atom is -0.493 e. The van der Waals surface area contributed by atoms with Crippen molar-refractivity contribution in [2.75, 3.05) is 20.7 Å². The largest absolute Gasteiger partial charge is 0.493 e. The molecule has 112 valence electrons. The number of nitrogens with zero attached hydrogens (tertiary/aromatic N) is 1. The smallest absolute Gasteiger partial charge is 0.166 e. The molecule has 1 spiro atoms. The lowest BCUT2D eigenvalue weighted by atomic mass is 9.69. The highest BCUT2D eigenvalue weighted by molar-refractivity contribution is 5.60. The summed E-state index contributed by atoms with van der Waals surface area (Å²) in [6, 6.07) is 4.16. The summed E-state index contributed by atoms with van der Waals surface area (Å²) in [4.78, 5) is 2.35. The molecule has 2 aliphatic heterocycles. The van der Waals surface area contributed by atoms with Crippen molar-refractivity contribution in [3.05, 3.63) is 35.4 Å². The van der Waals surface area contributed by atoms with E-state index < -0.39 is 6.10 Å². The van der Waals surface area contributed by atoms with Gasteiger partial charge in [0.1, 0.15) is 6.10 Å². The highest BCUT2D eigenvalue weighted by Crippen LogP contribution is 2.55. The van der Waals surface area contributed by atoms with Crippen molar-refractivity contribution in [2.24, 2.45) is 0 Å². The normalized spacial score (nSPS) is 33.9. The molecule has 0 saturated heterocycles. The number of hydrogen-bond donors (Lipinski definition) is 1. The van der Waals surface area contributed by atoms with Crippen LogP contribution in [0.2, 0.25) is 0 Å². The first-order valence-electron chi connectivity index (χ1n) is 7.57. The van der Waals surface area contributed by atoms with Crippen LogP contribution in [-0.2, 0) is 12.0 Å². The Balaban J connectivity index is 1.95. The van der Waals surface area contributed by atoms with E-state index >= 15 is 0 Å². The van der Waals surface area contributed by atoms with Gasteiger partial charge in [0.15, 0.2) is 11.5 Å². The van der Waals surface area contributed by atoms with E-state index in [1.807, 2.05) is 12.1 Å². The first-order chi connectivity index (χ1) is 10.1. The van der Waals surface area contributed by atoms with Crippen molar-refractivity contribution >= 4 is 0 Å². The van der Waals surface area contributed by atoms with Crippen molar-refractivity contribution in [3.8, 4) is 11.5 Å². The number of methoxy groups -OCH3 is 1. The molecule has 0 fully saturated rings. The van der Waals surface area contributed by atoms with E-state index in [1.165, 1.54) is 11.1 Å². The summed E-state index contributed by atoms with van der Waals surface area (Å²) in [7, 11) is 3.84. The molecule has 2 heterocycles. The standard InChI is InChI=1S/C17H21NO3/c1-18-8-7-17-6-5-12(19)9-14(17)21-16-13(20-2)4-3-11(10-18)15(16)17/h3-6,12,14,19H,7-10H2,1-2H3/t12-,14?,17+/m0/s1. The molecule has 4 nitrogen and oxygen atoms in total. The van der Waals surface area contributed by atoms with Crippen LogP contribution >= 0.6 is 0 Å². The Bertz CT molecular complexity index is 612. The maximum atomic E-state index is 9.97. The molecular formula is C17H21NO3. The number of aliphatic hydroxyl groups excluding tert-OH is 1. The Morgan fingerprint density at radius 3 is 3.10 bits per heavy atom. The van der Waals surface area contributed by atoms with E-state index in [0.29, 0.717) is 6.42 Å². The molecule has 0 bridgehead atoms. The molecule has 4 heteroatoms. The van der Waals surface area contributed by atoms with Crippen molar-refractivity contribution < 1.29 is 14.6 Å². The topological polar surface area (TPSA) is 41.9 Å². The van der Waals surface area contributed by atoms with E-state index in [9.17, 15) is 5.11 Å². The molecule has 0 saturated carbocycles. The SMILES string of the molecule is COc1ccc2c3c1OC1C[C@@H](O)C=C[C@]31CCN(C)C2. The number of benzene rings is 1. The maximum Gasteiger partial charge on any atom is 0.166 e. The molecule has 1 aliphatic carbocycles. The van der Waals surface area contributed by atoms with Gasteiger partial charge in [-0.1, -0.05) is 18.2 Å². The van der Waals surface area contributed by atoms with Gasteiger partial charge in [-0.2, -0.15) is 0 Å². The second-order valence-electron chi connectivity index (χ2n) is 6.43. The van der Waals surface area contributed by atoms with E-state index in [-0.39, 0.29) is 11.5 Å². The zero-order chi connectivity index (χ0) is 14.6. The summed E-state index contributed by atoms with van der Waals surface area (Å²) in [6.45, 7) is 1.96. The molecule has 3 aliphatic rings. The maximum absolute atomic E-state index is 9.97.